The van der Waals surface area contributed by atoms with Gasteiger partial charge in [-0.3, -0.25) is 4.99 Å². The molecule has 0 aromatic carbocycles. The van der Waals surface area contributed by atoms with E-state index in [0.29, 0.717) is 44.9 Å². The Balaban J connectivity index is 4.27. The van der Waals surface area contributed by atoms with E-state index in [1.807, 2.05) is 20.8 Å². The van der Waals surface area contributed by atoms with Crippen LogP contribution in [0.15, 0.2) is 4.99 Å². The van der Waals surface area contributed by atoms with Crippen molar-refractivity contribution in [1.29, 1.82) is 0 Å². The molecule has 0 amide bonds. The van der Waals surface area contributed by atoms with Gasteiger partial charge in [-0.25, -0.2) is 0 Å². The second-order valence-electron chi connectivity index (χ2n) is 5.87. The number of hydrogen-bond acceptors (Lipinski definition) is 3. The van der Waals surface area contributed by atoms with Crippen LogP contribution in [0.1, 0.15) is 52.9 Å². The number of aliphatic imine (C=N–C) groups is 1. The third kappa shape index (κ3) is 12.4. The number of nitrogens with one attached hydrogen (secondary N) is 2. The number of aliphatic hydroxyl groups is 1. The summed E-state index contributed by atoms with van der Waals surface area (Å²) in [5.41, 5.74) is -0.804. The quantitative estimate of drug-likeness (QED) is 0.286. The van der Waals surface area contributed by atoms with Gasteiger partial charge in [-0.2, -0.15) is 13.2 Å². The largest absolute Gasteiger partial charge is 0.411 e. The molecular weight excluding hydrogens is 323 g/mol. The molecule has 0 atom stereocenters. The first-order valence-electron chi connectivity index (χ1n) is 8.65. The van der Waals surface area contributed by atoms with Crippen LogP contribution >= 0.6 is 0 Å². The first kappa shape index (κ1) is 23.0. The number of alkyl halides is 3. The second kappa shape index (κ2) is 12.4. The van der Waals surface area contributed by atoms with E-state index >= 15 is 0 Å². The van der Waals surface area contributed by atoms with Crippen molar-refractivity contribution < 1.29 is 23.0 Å². The van der Waals surface area contributed by atoms with E-state index in [2.05, 4.69) is 20.4 Å². The standard InChI is InChI=1S/C16H32F3N3O2/c1-4-8-15(23,9-5-2)12-22-14(20-6-3)21-10-7-11-24-13-16(17,18)19/h23H,4-13H2,1-3H3,(H2,20,21,22). The summed E-state index contributed by atoms with van der Waals surface area (Å²) in [7, 11) is 0. The van der Waals surface area contributed by atoms with E-state index in [1.54, 1.807) is 0 Å². The molecule has 0 aliphatic carbocycles. The molecule has 3 N–H and O–H groups in total. The first-order valence-corrected chi connectivity index (χ1v) is 8.65. The lowest BCUT2D eigenvalue weighted by molar-refractivity contribution is -0.173. The highest BCUT2D eigenvalue weighted by Gasteiger charge is 2.27. The first-order chi connectivity index (χ1) is 11.3. The third-order valence-electron chi connectivity index (χ3n) is 3.33. The number of hydrogen-bond donors (Lipinski definition) is 3. The molecule has 0 aromatic rings. The lowest BCUT2D eigenvalue weighted by Crippen LogP contribution is -2.40. The Morgan fingerprint density at radius 1 is 1.08 bits per heavy atom. The molecule has 0 radical (unpaired) electrons. The molecular formula is C16H32F3N3O2. The highest BCUT2D eigenvalue weighted by Crippen LogP contribution is 2.19. The maximum atomic E-state index is 11.9. The van der Waals surface area contributed by atoms with Crippen LogP contribution < -0.4 is 10.6 Å². The van der Waals surface area contributed by atoms with Crippen molar-refractivity contribution in [2.24, 2.45) is 4.99 Å². The molecule has 0 saturated heterocycles. The Morgan fingerprint density at radius 2 is 1.71 bits per heavy atom. The van der Waals surface area contributed by atoms with Crippen LogP contribution in [-0.4, -0.2) is 55.7 Å². The zero-order valence-electron chi connectivity index (χ0n) is 15.0. The lowest BCUT2D eigenvalue weighted by atomic mass is 9.93. The summed E-state index contributed by atoms with van der Waals surface area (Å²) < 4.78 is 40.4. The fourth-order valence-corrected chi connectivity index (χ4v) is 2.35. The predicted octanol–water partition coefficient (Wildman–Crippen LogP) is 2.84. The zero-order chi connectivity index (χ0) is 18.5. The third-order valence-corrected chi connectivity index (χ3v) is 3.33. The summed E-state index contributed by atoms with van der Waals surface area (Å²) in [6.45, 7) is 6.19. The fourth-order valence-electron chi connectivity index (χ4n) is 2.35. The molecule has 0 unspecified atom stereocenters. The molecule has 0 aromatic heterocycles. The van der Waals surface area contributed by atoms with Gasteiger partial charge >= 0.3 is 6.18 Å². The van der Waals surface area contributed by atoms with Crippen LogP contribution in [0.2, 0.25) is 0 Å². The highest BCUT2D eigenvalue weighted by atomic mass is 19.4. The van der Waals surface area contributed by atoms with Gasteiger partial charge in [0.2, 0.25) is 0 Å². The van der Waals surface area contributed by atoms with E-state index in [-0.39, 0.29) is 6.61 Å². The Bertz CT molecular complexity index is 344. The average molecular weight is 355 g/mol. The monoisotopic (exact) mass is 355 g/mol. The minimum atomic E-state index is -4.28. The molecule has 24 heavy (non-hydrogen) atoms. The summed E-state index contributed by atoms with van der Waals surface area (Å²) in [4.78, 5) is 4.40. The van der Waals surface area contributed by atoms with Gasteiger partial charge in [0.1, 0.15) is 6.61 Å². The Hall–Kier alpha value is -1.02. The Kier molecular flexibility index (Phi) is 11.8. The second-order valence-corrected chi connectivity index (χ2v) is 5.87. The van der Waals surface area contributed by atoms with Crippen molar-refractivity contribution in [3.05, 3.63) is 0 Å². The summed E-state index contributed by atoms with van der Waals surface area (Å²) in [6, 6.07) is 0. The van der Waals surface area contributed by atoms with Crippen molar-refractivity contribution in [2.45, 2.75) is 64.7 Å². The zero-order valence-corrected chi connectivity index (χ0v) is 15.0. The Labute approximate surface area is 143 Å². The molecule has 0 rings (SSSR count). The number of halogens is 3. The van der Waals surface area contributed by atoms with Crippen LogP contribution in [0.25, 0.3) is 0 Å². The van der Waals surface area contributed by atoms with E-state index < -0.39 is 18.4 Å². The summed E-state index contributed by atoms with van der Waals surface area (Å²) in [5.74, 6) is 0.555. The van der Waals surface area contributed by atoms with Gasteiger partial charge in [0.05, 0.1) is 12.1 Å². The maximum Gasteiger partial charge on any atom is 0.411 e. The number of guanidine groups is 1. The van der Waals surface area contributed by atoms with Crippen molar-refractivity contribution >= 4 is 5.96 Å². The SMILES string of the molecule is CCCC(O)(CCC)CN=C(NCC)NCCCOCC(F)(F)F. The molecule has 0 aliphatic heterocycles. The van der Waals surface area contributed by atoms with Gasteiger partial charge in [-0.15, -0.1) is 0 Å². The van der Waals surface area contributed by atoms with Crippen molar-refractivity contribution in [2.75, 3.05) is 32.8 Å². The normalized spacial score (nSPS) is 13.2. The molecule has 0 heterocycles. The van der Waals surface area contributed by atoms with Gasteiger partial charge in [-0.05, 0) is 26.2 Å². The van der Waals surface area contributed by atoms with Gasteiger partial charge in [0.15, 0.2) is 5.96 Å². The smallest absolute Gasteiger partial charge is 0.388 e. The van der Waals surface area contributed by atoms with Crippen LogP contribution in [0.5, 0.6) is 0 Å². The van der Waals surface area contributed by atoms with Crippen molar-refractivity contribution in [3.63, 3.8) is 0 Å². The summed E-state index contributed by atoms with van der Waals surface area (Å²) in [6.07, 6.45) is -0.704. The molecule has 0 bridgehead atoms. The molecule has 0 aliphatic rings. The minimum absolute atomic E-state index is 0.0293. The average Bonchev–Trinajstić information content (AvgIpc) is 2.47. The van der Waals surface area contributed by atoms with Crippen LogP contribution in [0.3, 0.4) is 0 Å². The van der Waals surface area contributed by atoms with E-state index in [1.165, 1.54) is 0 Å². The lowest BCUT2D eigenvalue weighted by Gasteiger charge is -2.26. The predicted molar refractivity (Wildman–Crippen MR) is 90.2 cm³/mol. The molecule has 0 fully saturated rings. The summed E-state index contributed by atoms with van der Waals surface area (Å²) >= 11 is 0. The fraction of sp³-hybridized carbons (Fsp3) is 0.938. The van der Waals surface area contributed by atoms with E-state index in [0.717, 1.165) is 12.8 Å². The number of ether oxygens (including phenoxy) is 1. The molecule has 8 heteroatoms. The Morgan fingerprint density at radius 3 is 2.21 bits per heavy atom. The molecule has 0 spiro atoms. The minimum Gasteiger partial charge on any atom is -0.388 e. The topological polar surface area (TPSA) is 65.9 Å². The molecule has 144 valence electrons. The van der Waals surface area contributed by atoms with Crippen molar-refractivity contribution in [3.8, 4) is 0 Å². The van der Waals surface area contributed by atoms with E-state index in [9.17, 15) is 18.3 Å². The van der Waals surface area contributed by atoms with Crippen molar-refractivity contribution in [1.82, 2.24) is 10.6 Å². The van der Waals surface area contributed by atoms with Crippen LogP contribution in [0, 0.1) is 0 Å². The van der Waals surface area contributed by atoms with Gasteiger partial charge in [0, 0.05) is 19.7 Å². The highest BCUT2D eigenvalue weighted by molar-refractivity contribution is 5.79. The van der Waals surface area contributed by atoms with Gasteiger partial charge in [0.25, 0.3) is 0 Å². The summed E-state index contributed by atoms with van der Waals surface area (Å²) in [5, 5.41) is 16.7. The van der Waals surface area contributed by atoms with E-state index in [4.69, 9.17) is 0 Å². The van der Waals surface area contributed by atoms with Crippen LogP contribution in [0.4, 0.5) is 13.2 Å². The van der Waals surface area contributed by atoms with Crippen LogP contribution in [-0.2, 0) is 4.74 Å². The van der Waals surface area contributed by atoms with Gasteiger partial charge in [-0.1, -0.05) is 26.7 Å². The molecule has 5 nitrogen and oxygen atoms in total. The van der Waals surface area contributed by atoms with Gasteiger partial charge < -0.3 is 20.5 Å². The molecule has 0 saturated carbocycles. The number of rotatable bonds is 12. The maximum absolute atomic E-state index is 11.9. The number of nitrogens with zero attached hydrogens (tertiary/aromatic N) is 1.